The lowest BCUT2D eigenvalue weighted by Crippen LogP contribution is -2.53. The van der Waals surface area contributed by atoms with Crippen LogP contribution >= 0.6 is 15.9 Å². The SMILES string of the molecule is CC(C)(C)OC(=O)N1c2ccc(C(=O)CBr)cc2CCC1C(F)(F)F. The topological polar surface area (TPSA) is 46.6 Å². The molecule has 4 nitrogen and oxygen atoms in total. The van der Waals surface area contributed by atoms with Gasteiger partial charge in [0.15, 0.2) is 5.78 Å². The maximum atomic E-state index is 13.4. The van der Waals surface area contributed by atoms with Crippen molar-refractivity contribution in [1.82, 2.24) is 0 Å². The number of rotatable bonds is 2. The summed E-state index contributed by atoms with van der Waals surface area (Å²) in [6.45, 7) is 4.78. The van der Waals surface area contributed by atoms with Gasteiger partial charge in [0.1, 0.15) is 11.6 Å². The van der Waals surface area contributed by atoms with Crippen LogP contribution in [0.1, 0.15) is 43.1 Å². The number of halogens is 4. The number of aryl methyl sites for hydroxylation is 1. The number of fused-ring (bicyclic) bond motifs is 1. The van der Waals surface area contributed by atoms with Gasteiger partial charge in [-0.2, -0.15) is 13.2 Å². The number of benzene rings is 1. The van der Waals surface area contributed by atoms with Gasteiger partial charge in [0.05, 0.1) is 11.0 Å². The Bertz CT molecular complexity index is 683. The summed E-state index contributed by atoms with van der Waals surface area (Å²) in [5.74, 6) is -0.176. The molecule has 0 bridgehead atoms. The molecule has 1 amide bonds. The van der Waals surface area contributed by atoms with Crippen molar-refractivity contribution in [1.29, 1.82) is 0 Å². The molecule has 8 heteroatoms. The van der Waals surface area contributed by atoms with Crippen LogP contribution in [0, 0.1) is 0 Å². The summed E-state index contributed by atoms with van der Waals surface area (Å²) in [6, 6.07) is 2.40. The van der Waals surface area contributed by atoms with E-state index in [1.54, 1.807) is 26.8 Å². The Balaban J connectivity index is 2.48. The smallest absolute Gasteiger partial charge is 0.415 e. The van der Waals surface area contributed by atoms with Gasteiger partial charge < -0.3 is 4.74 Å². The number of carbonyl (C=O) groups is 2. The largest absolute Gasteiger partial charge is 0.443 e. The van der Waals surface area contributed by atoms with Crippen LogP contribution < -0.4 is 4.90 Å². The number of nitrogens with zero attached hydrogens (tertiary/aromatic N) is 1. The van der Waals surface area contributed by atoms with Gasteiger partial charge in [-0.25, -0.2) is 4.79 Å². The van der Waals surface area contributed by atoms with Crippen molar-refractivity contribution >= 4 is 33.5 Å². The average molecular weight is 422 g/mol. The van der Waals surface area contributed by atoms with Crippen molar-refractivity contribution in [3.8, 4) is 0 Å². The van der Waals surface area contributed by atoms with Gasteiger partial charge >= 0.3 is 12.3 Å². The molecule has 0 radical (unpaired) electrons. The molecular weight excluding hydrogens is 403 g/mol. The van der Waals surface area contributed by atoms with Crippen molar-refractivity contribution < 1.29 is 27.5 Å². The van der Waals surface area contributed by atoms with E-state index in [0.717, 1.165) is 0 Å². The Kier molecular flexibility index (Phi) is 5.51. The molecule has 25 heavy (non-hydrogen) atoms. The number of ether oxygens (including phenoxy) is 1. The second kappa shape index (κ2) is 6.97. The molecule has 0 saturated carbocycles. The van der Waals surface area contributed by atoms with Crippen LogP contribution in [0.2, 0.25) is 0 Å². The van der Waals surface area contributed by atoms with Gasteiger partial charge in [-0.3, -0.25) is 9.69 Å². The summed E-state index contributed by atoms with van der Waals surface area (Å²) in [5, 5.41) is 0.118. The van der Waals surface area contributed by atoms with E-state index < -0.39 is 23.9 Å². The third kappa shape index (κ3) is 4.54. The number of alkyl halides is 4. The van der Waals surface area contributed by atoms with E-state index in [1.807, 2.05) is 0 Å². The molecule has 1 aromatic rings. The fourth-order valence-corrected chi connectivity index (χ4v) is 3.03. The van der Waals surface area contributed by atoms with E-state index in [9.17, 15) is 22.8 Å². The van der Waals surface area contributed by atoms with E-state index in [-0.39, 0.29) is 29.6 Å². The van der Waals surface area contributed by atoms with Gasteiger partial charge in [0.25, 0.3) is 0 Å². The Morgan fingerprint density at radius 3 is 2.44 bits per heavy atom. The lowest BCUT2D eigenvalue weighted by molar-refractivity contribution is -0.150. The van der Waals surface area contributed by atoms with Crippen LogP contribution in [-0.2, 0) is 11.2 Å². The first-order valence-electron chi connectivity index (χ1n) is 7.75. The lowest BCUT2D eigenvalue weighted by Gasteiger charge is -2.38. The van der Waals surface area contributed by atoms with E-state index >= 15 is 0 Å². The minimum absolute atomic E-state index is 0.118. The molecule has 1 aliphatic heterocycles. The van der Waals surface area contributed by atoms with Gasteiger partial charge in [0, 0.05) is 5.56 Å². The van der Waals surface area contributed by atoms with E-state index in [4.69, 9.17) is 4.74 Å². The number of anilines is 1. The molecule has 0 fully saturated rings. The number of carbonyl (C=O) groups excluding carboxylic acids is 2. The minimum atomic E-state index is -4.57. The molecule has 1 unspecified atom stereocenters. The zero-order valence-electron chi connectivity index (χ0n) is 14.1. The zero-order valence-corrected chi connectivity index (χ0v) is 15.7. The summed E-state index contributed by atoms with van der Waals surface area (Å²) in [5.41, 5.74) is 0.133. The quantitative estimate of drug-likeness (QED) is 0.504. The van der Waals surface area contributed by atoms with Crippen molar-refractivity contribution in [2.45, 2.75) is 51.4 Å². The lowest BCUT2D eigenvalue weighted by atomic mass is 9.93. The van der Waals surface area contributed by atoms with Crippen LogP contribution in [0.15, 0.2) is 18.2 Å². The molecule has 2 rings (SSSR count). The first-order valence-corrected chi connectivity index (χ1v) is 8.87. The fraction of sp³-hybridized carbons (Fsp3) is 0.529. The van der Waals surface area contributed by atoms with Crippen LogP contribution in [0.3, 0.4) is 0 Å². The maximum Gasteiger partial charge on any atom is 0.415 e. The van der Waals surface area contributed by atoms with Crippen LogP contribution in [0.4, 0.5) is 23.7 Å². The molecule has 1 aromatic carbocycles. The number of amides is 1. The second-order valence-corrected chi connectivity index (χ2v) is 7.41. The molecule has 0 saturated heterocycles. The maximum absolute atomic E-state index is 13.4. The predicted molar refractivity (Wildman–Crippen MR) is 91.4 cm³/mol. The van der Waals surface area contributed by atoms with Crippen molar-refractivity contribution in [2.24, 2.45) is 0 Å². The average Bonchev–Trinajstić information content (AvgIpc) is 2.49. The number of hydrogen-bond donors (Lipinski definition) is 0. The standard InChI is InChI=1S/C17H19BrF3NO3/c1-16(2,3)25-15(24)22-12-6-4-11(13(23)9-18)8-10(12)5-7-14(22)17(19,20)21/h4,6,8,14H,5,7,9H2,1-3H3. The van der Waals surface area contributed by atoms with E-state index in [2.05, 4.69) is 15.9 Å². The van der Waals surface area contributed by atoms with Gasteiger partial charge in [-0.1, -0.05) is 15.9 Å². The first kappa shape index (κ1) is 19.8. The summed E-state index contributed by atoms with van der Waals surface area (Å²) < 4.78 is 45.5. The normalized spacial score (nSPS) is 17.9. The Labute approximate surface area is 152 Å². The number of Topliss-reactive ketones (excluding diaryl/α,β-unsaturated/α-hetero) is 1. The molecular formula is C17H19BrF3NO3. The molecule has 0 aromatic heterocycles. The Morgan fingerprint density at radius 1 is 1.28 bits per heavy atom. The van der Waals surface area contributed by atoms with E-state index in [0.29, 0.717) is 16.0 Å². The van der Waals surface area contributed by atoms with E-state index in [1.165, 1.54) is 12.1 Å². The Hall–Kier alpha value is -1.57. The highest BCUT2D eigenvalue weighted by molar-refractivity contribution is 9.09. The number of ketones is 1. The van der Waals surface area contributed by atoms with Crippen LogP contribution in [0.25, 0.3) is 0 Å². The first-order chi connectivity index (χ1) is 11.4. The second-order valence-electron chi connectivity index (χ2n) is 6.85. The third-order valence-corrected chi connectivity index (χ3v) is 4.26. The summed E-state index contributed by atoms with van der Waals surface area (Å²) >= 11 is 3.07. The highest BCUT2D eigenvalue weighted by Gasteiger charge is 2.49. The van der Waals surface area contributed by atoms with Crippen LogP contribution in [0.5, 0.6) is 0 Å². The van der Waals surface area contributed by atoms with Gasteiger partial charge in [-0.15, -0.1) is 0 Å². The molecule has 138 valence electrons. The van der Waals surface area contributed by atoms with Crippen LogP contribution in [-0.4, -0.2) is 35.0 Å². The summed E-state index contributed by atoms with van der Waals surface area (Å²) in [4.78, 5) is 24.9. The third-order valence-electron chi connectivity index (χ3n) is 3.75. The molecule has 0 N–H and O–H groups in total. The van der Waals surface area contributed by atoms with Crippen molar-refractivity contribution in [3.05, 3.63) is 29.3 Å². The minimum Gasteiger partial charge on any atom is -0.443 e. The fourth-order valence-electron chi connectivity index (χ4n) is 2.71. The molecule has 1 heterocycles. The summed E-state index contributed by atoms with van der Waals surface area (Å²) in [7, 11) is 0. The highest BCUT2D eigenvalue weighted by Crippen LogP contribution is 2.39. The predicted octanol–water partition coefficient (Wildman–Crippen LogP) is 4.88. The van der Waals surface area contributed by atoms with Gasteiger partial charge in [0.2, 0.25) is 0 Å². The monoisotopic (exact) mass is 421 g/mol. The van der Waals surface area contributed by atoms with Gasteiger partial charge in [-0.05, 0) is 57.4 Å². The molecule has 1 atom stereocenters. The molecule has 1 aliphatic rings. The zero-order chi connectivity index (χ0) is 19.0. The Morgan fingerprint density at radius 2 is 1.92 bits per heavy atom. The molecule has 0 aliphatic carbocycles. The van der Waals surface area contributed by atoms with Crippen molar-refractivity contribution in [2.75, 3.05) is 10.2 Å². The summed E-state index contributed by atoms with van der Waals surface area (Å²) in [6.07, 6.45) is -5.77. The molecule has 0 spiro atoms. The highest BCUT2D eigenvalue weighted by atomic mass is 79.9. The van der Waals surface area contributed by atoms with Crippen molar-refractivity contribution in [3.63, 3.8) is 0 Å². The number of hydrogen-bond acceptors (Lipinski definition) is 3.